The maximum absolute atomic E-state index is 14.9. The molecule has 0 radical (unpaired) electrons. The van der Waals surface area contributed by atoms with Gasteiger partial charge in [0.15, 0.2) is 0 Å². The Bertz CT molecular complexity index is 1320. The van der Waals surface area contributed by atoms with E-state index in [9.17, 15) is 32.3 Å². The highest BCUT2D eigenvalue weighted by Gasteiger charge is 2.64. The summed E-state index contributed by atoms with van der Waals surface area (Å²) in [6.07, 6.45) is -1.45. The fourth-order valence-corrected chi connectivity index (χ4v) is 6.76. The zero-order chi connectivity index (χ0) is 29.4. The van der Waals surface area contributed by atoms with Crippen LogP contribution in [-0.2, 0) is 19.9 Å². The third-order valence-electron chi connectivity index (χ3n) is 9.10. The summed E-state index contributed by atoms with van der Waals surface area (Å²) in [6.45, 7) is 0.379. The molecule has 2 aromatic rings. The van der Waals surface area contributed by atoms with Crippen LogP contribution in [0.4, 0.5) is 17.6 Å². The Balaban J connectivity index is 1.43. The van der Waals surface area contributed by atoms with Crippen LogP contribution in [0.25, 0.3) is 5.57 Å². The molecule has 2 aliphatic heterocycles. The predicted octanol–water partition coefficient (Wildman–Crippen LogP) is 5.07. The number of hydrogen-bond acceptors (Lipinski definition) is 4. The van der Waals surface area contributed by atoms with Crippen LogP contribution in [0.5, 0.6) is 0 Å². The lowest BCUT2D eigenvalue weighted by atomic mass is 9.62. The first-order valence-electron chi connectivity index (χ1n) is 13.9. The average molecular weight is 575 g/mol. The van der Waals surface area contributed by atoms with E-state index in [0.29, 0.717) is 44.2 Å². The van der Waals surface area contributed by atoms with Gasteiger partial charge in [-0.15, -0.1) is 0 Å². The summed E-state index contributed by atoms with van der Waals surface area (Å²) in [5.41, 5.74) is -1.86. The van der Waals surface area contributed by atoms with Crippen LogP contribution in [0.1, 0.15) is 61.1 Å². The fraction of sp³-hybridized carbons (Fsp3) is 0.484. The van der Waals surface area contributed by atoms with Gasteiger partial charge in [-0.05, 0) is 72.4 Å². The van der Waals surface area contributed by atoms with Gasteiger partial charge in [0.1, 0.15) is 5.82 Å². The van der Waals surface area contributed by atoms with Crippen molar-refractivity contribution in [2.75, 3.05) is 26.7 Å². The highest BCUT2D eigenvalue weighted by molar-refractivity contribution is 5.88. The van der Waals surface area contributed by atoms with E-state index in [1.807, 2.05) is 6.08 Å². The van der Waals surface area contributed by atoms with Crippen molar-refractivity contribution in [1.29, 1.82) is 0 Å². The van der Waals surface area contributed by atoms with Crippen LogP contribution in [-0.4, -0.2) is 60.8 Å². The van der Waals surface area contributed by atoms with E-state index < -0.39 is 29.2 Å². The minimum absolute atomic E-state index is 0.0216. The summed E-state index contributed by atoms with van der Waals surface area (Å²) < 4.78 is 63.4. The van der Waals surface area contributed by atoms with Crippen molar-refractivity contribution in [2.45, 2.75) is 62.3 Å². The third-order valence-corrected chi connectivity index (χ3v) is 9.10. The molecule has 41 heavy (non-hydrogen) atoms. The van der Waals surface area contributed by atoms with E-state index in [-0.39, 0.29) is 42.7 Å². The first-order valence-corrected chi connectivity index (χ1v) is 13.9. The zero-order valence-corrected chi connectivity index (χ0v) is 22.8. The van der Waals surface area contributed by atoms with Crippen molar-refractivity contribution >= 4 is 17.4 Å². The van der Waals surface area contributed by atoms with E-state index in [2.05, 4.69) is 5.32 Å². The first-order chi connectivity index (χ1) is 19.5. The molecule has 0 bridgehead atoms. The summed E-state index contributed by atoms with van der Waals surface area (Å²) in [6, 6.07) is 11.9. The second kappa shape index (κ2) is 11.2. The van der Waals surface area contributed by atoms with Gasteiger partial charge < -0.3 is 20.1 Å². The molecule has 6 nitrogen and oxygen atoms in total. The number of likely N-dealkylation sites (tertiary alicyclic amines) is 1. The number of piperidine rings is 2. The number of aliphatic hydroxyl groups excluding tert-OH is 1. The zero-order valence-electron chi connectivity index (χ0n) is 22.8. The Morgan fingerprint density at radius 3 is 2.44 bits per heavy atom. The summed E-state index contributed by atoms with van der Waals surface area (Å²) in [5.74, 6) is -1.88. The minimum atomic E-state index is -5.05. The number of hydrogen-bond donors (Lipinski definition) is 2. The Kier molecular flexibility index (Phi) is 8.00. The summed E-state index contributed by atoms with van der Waals surface area (Å²) in [5, 5.41) is 12.7. The van der Waals surface area contributed by atoms with Crippen LogP contribution in [0.2, 0.25) is 0 Å². The monoisotopic (exact) mass is 574 g/mol. The molecule has 2 fully saturated rings. The number of carbonyl (C=O) groups excluding carboxylic acids is 2. The van der Waals surface area contributed by atoms with Crippen molar-refractivity contribution in [3.8, 4) is 0 Å². The predicted molar refractivity (Wildman–Crippen MR) is 144 cm³/mol. The standard InChI is InChI=1S/C31H34F4N2O4/c1-41-30(31(33,34)35,23-4-2-3-22(17-23)20-7-11-25(38)12-8-20)28(40)37-15-13-29(14-16-37)18-27(39)36-19-26(29)21-5-9-24(32)10-6-21/h2-7,9-10,17,25-26,38H,8,11-16,18-19H2,1H3,(H,36,39)/t25?,26-,30+/m0/s1. The minimum Gasteiger partial charge on any atom is -0.393 e. The van der Waals surface area contributed by atoms with Crippen LogP contribution in [0.15, 0.2) is 54.6 Å². The molecule has 2 saturated heterocycles. The number of nitrogens with zero attached hydrogens (tertiary/aromatic N) is 1. The van der Waals surface area contributed by atoms with Gasteiger partial charge >= 0.3 is 6.18 Å². The number of allylic oxidation sites excluding steroid dienone is 1. The number of carbonyl (C=O) groups is 2. The molecule has 2 heterocycles. The number of halogens is 4. The highest BCUT2D eigenvalue weighted by atomic mass is 19.4. The van der Waals surface area contributed by atoms with Gasteiger partial charge in [-0.25, -0.2) is 4.39 Å². The van der Waals surface area contributed by atoms with Crippen molar-refractivity contribution in [3.05, 3.63) is 77.1 Å². The van der Waals surface area contributed by atoms with Crippen LogP contribution < -0.4 is 5.32 Å². The molecule has 220 valence electrons. The number of methoxy groups -OCH3 is 1. The Hall–Kier alpha value is -3.24. The molecule has 0 aromatic heterocycles. The quantitative estimate of drug-likeness (QED) is 0.489. The van der Waals surface area contributed by atoms with E-state index in [1.54, 1.807) is 18.2 Å². The van der Waals surface area contributed by atoms with Crippen molar-refractivity contribution in [3.63, 3.8) is 0 Å². The topological polar surface area (TPSA) is 78.9 Å². The average Bonchev–Trinajstić information content (AvgIpc) is 2.95. The maximum Gasteiger partial charge on any atom is 0.430 e. The molecule has 10 heteroatoms. The molecule has 3 aliphatic rings. The normalized spacial score (nSPS) is 24.4. The fourth-order valence-electron chi connectivity index (χ4n) is 6.76. The van der Waals surface area contributed by atoms with Crippen LogP contribution in [0, 0.1) is 11.2 Å². The summed E-state index contributed by atoms with van der Waals surface area (Å²) in [4.78, 5) is 27.5. The number of rotatable bonds is 5. The second-order valence-electron chi connectivity index (χ2n) is 11.4. The van der Waals surface area contributed by atoms with E-state index >= 15 is 0 Å². The summed E-state index contributed by atoms with van der Waals surface area (Å²) in [7, 11) is 0.899. The number of amides is 2. The molecule has 0 saturated carbocycles. The molecule has 2 amide bonds. The van der Waals surface area contributed by atoms with Gasteiger partial charge in [0.25, 0.3) is 11.5 Å². The van der Waals surface area contributed by atoms with E-state index in [0.717, 1.165) is 18.2 Å². The molecule has 2 aromatic carbocycles. The molecule has 1 aliphatic carbocycles. The van der Waals surface area contributed by atoms with Gasteiger partial charge in [-0.2, -0.15) is 13.2 Å². The lowest BCUT2D eigenvalue weighted by molar-refractivity contribution is -0.271. The number of alkyl halides is 3. The number of aliphatic hydroxyl groups is 1. The van der Waals surface area contributed by atoms with E-state index in [1.165, 1.54) is 35.2 Å². The lowest BCUT2D eigenvalue weighted by Crippen LogP contribution is -2.60. The first kappa shape index (κ1) is 29.3. The lowest BCUT2D eigenvalue weighted by Gasteiger charge is -2.50. The SMILES string of the molecule is CO[C@@](C(=O)N1CCC2(CC1)CC(=O)NC[C@H]2c1ccc(F)cc1)(c1cccc(C2=CCC(O)CC2)c1)C(F)(F)F. The number of ether oxygens (including phenoxy) is 1. The summed E-state index contributed by atoms with van der Waals surface area (Å²) >= 11 is 0. The van der Waals surface area contributed by atoms with Crippen LogP contribution >= 0.6 is 0 Å². The largest absolute Gasteiger partial charge is 0.430 e. The molecule has 1 unspecified atom stereocenters. The molecule has 5 rings (SSSR count). The van der Waals surface area contributed by atoms with Crippen molar-refractivity contribution < 1.29 is 37.0 Å². The number of nitrogens with one attached hydrogen (secondary N) is 1. The molecule has 2 N–H and O–H groups in total. The number of benzene rings is 2. The Morgan fingerprint density at radius 1 is 1.12 bits per heavy atom. The molecular weight excluding hydrogens is 540 g/mol. The van der Waals surface area contributed by atoms with Gasteiger partial charge in [0, 0.05) is 44.6 Å². The maximum atomic E-state index is 14.9. The smallest absolute Gasteiger partial charge is 0.393 e. The van der Waals surface area contributed by atoms with Gasteiger partial charge in [-0.1, -0.05) is 36.4 Å². The third kappa shape index (κ3) is 5.39. The molecular formula is C31H34F4N2O4. The van der Waals surface area contributed by atoms with Crippen LogP contribution in [0.3, 0.4) is 0 Å². The molecule has 3 atom stereocenters. The Morgan fingerprint density at radius 2 is 1.83 bits per heavy atom. The second-order valence-corrected chi connectivity index (χ2v) is 11.4. The van der Waals surface area contributed by atoms with Gasteiger partial charge in [0.05, 0.1) is 6.10 Å². The van der Waals surface area contributed by atoms with Crippen molar-refractivity contribution in [2.24, 2.45) is 5.41 Å². The van der Waals surface area contributed by atoms with Gasteiger partial charge in [-0.3, -0.25) is 9.59 Å². The van der Waals surface area contributed by atoms with Crippen molar-refractivity contribution in [1.82, 2.24) is 10.2 Å². The van der Waals surface area contributed by atoms with Gasteiger partial charge in [0.2, 0.25) is 5.91 Å². The highest BCUT2D eigenvalue weighted by Crippen LogP contribution is 2.50. The Labute approximate surface area is 236 Å². The molecule has 1 spiro atoms. The van der Waals surface area contributed by atoms with E-state index in [4.69, 9.17) is 4.74 Å².